The lowest BCUT2D eigenvalue weighted by Gasteiger charge is -2.28. The molecule has 0 saturated heterocycles. The van der Waals surface area contributed by atoms with E-state index in [-0.39, 0.29) is 23.8 Å². The Morgan fingerprint density at radius 2 is 1.68 bits per heavy atom. The molecule has 2 aromatic carbocycles. The summed E-state index contributed by atoms with van der Waals surface area (Å²) >= 11 is 1.25. The van der Waals surface area contributed by atoms with E-state index in [1.807, 2.05) is 30.3 Å². The minimum absolute atomic E-state index is 0.0695. The molecule has 1 unspecified atom stereocenters. The van der Waals surface area contributed by atoms with E-state index in [0.717, 1.165) is 31.2 Å². The van der Waals surface area contributed by atoms with Crippen LogP contribution in [0.5, 0.6) is 0 Å². The lowest BCUT2D eigenvalue weighted by molar-refractivity contribution is -0.121. The van der Waals surface area contributed by atoms with E-state index in [4.69, 9.17) is 5.73 Å². The topological polar surface area (TPSA) is 55.1 Å². The van der Waals surface area contributed by atoms with Crippen molar-refractivity contribution in [3.05, 3.63) is 66.0 Å². The van der Waals surface area contributed by atoms with Gasteiger partial charge in [0, 0.05) is 17.0 Å². The average Bonchev–Trinajstić information content (AvgIpc) is 2.63. The number of amides is 1. The van der Waals surface area contributed by atoms with Crippen LogP contribution in [0.1, 0.15) is 36.5 Å². The highest BCUT2D eigenvalue weighted by Crippen LogP contribution is 2.37. The molecule has 1 saturated carbocycles. The van der Waals surface area contributed by atoms with Gasteiger partial charge in [-0.2, -0.15) is 0 Å². The number of halogens is 1. The van der Waals surface area contributed by atoms with E-state index >= 15 is 0 Å². The monoisotopic (exact) mass is 358 g/mol. The molecule has 3 rings (SSSR count). The van der Waals surface area contributed by atoms with Crippen molar-refractivity contribution in [2.24, 2.45) is 5.73 Å². The predicted octanol–water partition coefficient (Wildman–Crippen LogP) is 4.05. The maximum atomic E-state index is 14.1. The zero-order valence-corrected chi connectivity index (χ0v) is 14.8. The van der Waals surface area contributed by atoms with Crippen LogP contribution in [-0.2, 0) is 4.79 Å². The van der Waals surface area contributed by atoms with Crippen LogP contribution < -0.4 is 11.1 Å². The molecule has 0 heterocycles. The fraction of sp³-hybridized carbons (Fsp3) is 0.350. The first-order chi connectivity index (χ1) is 12.1. The van der Waals surface area contributed by atoms with Crippen molar-refractivity contribution in [3.63, 3.8) is 0 Å². The SMILES string of the molecule is NC1CCC(NC(=O)C(Sc2ccccc2F)c2ccccc2)CC1. The summed E-state index contributed by atoms with van der Waals surface area (Å²) in [5.74, 6) is -0.371. The molecular weight excluding hydrogens is 335 g/mol. The number of carbonyl (C=O) groups excluding carboxylic acids is 1. The summed E-state index contributed by atoms with van der Waals surface area (Å²) in [6.45, 7) is 0. The van der Waals surface area contributed by atoms with Gasteiger partial charge in [0.05, 0.1) is 0 Å². The van der Waals surface area contributed by atoms with Gasteiger partial charge in [-0.3, -0.25) is 4.79 Å². The van der Waals surface area contributed by atoms with Gasteiger partial charge in [0.1, 0.15) is 11.1 Å². The fourth-order valence-corrected chi connectivity index (χ4v) is 4.17. The summed E-state index contributed by atoms with van der Waals surface area (Å²) in [7, 11) is 0. The van der Waals surface area contributed by atoms with E-state index in [9.17, 15) is 9.18 Å². The molecule has 0 aromatic heterocycles. The van der Waals surface area contributed by atoms with Crippen molar-refractivity contribution in [1.29, 1.82) is 0 Å². The third kappa shape index (κ3) is 4.83. The Balaban J connectivity index is 1.76. The number of hydrogen-bond acceptors (Lipinski definition) is 3. The number of nitrogens with one attached hydrogen (secondary N) is 1. The summed E-state index contributed by atoms with van der Waals surface area (Å²) in [4.78, 5) is 13.4. The van der Waals surface area contributed by atoms with Crippen molar-refractivity contribution >= 4 is 17.7 Å². The fourth-order valence-electron chi connectivity index (χ4n) is 3.11. The molecule has 132 valence electrons. The second-order valence-electron chi connectivity index (χ2n) is 6.46. The second-order valence-corrected chi connectivity index (χ2v) is 7.61. The Morgan fingerprint density at radius 1 is 1.04 bits per heavy atom. The van der Waals surface area contributed by atoms with Crippen molar-refractivity contribution in [2.45, 2.75) is 47.9 Å². The highest BCUT2D eigenvalue weighted by Gasteiger charge is 2.27. The van der Waals surface area contributed by atoms with Gasteiger partial charge in [-0.25, -0.2) is 4.39 Å². The van der Waals surface area contributed by atoms with Crippen LogP contribution in [0, 0.1) is 5.82 Å². The number of nitrogens with two attached hydrogens (primary N) is 1. The largest absolute Gasteiger partial charge is 0.352 e. The standard InChI is InChI=1S/C20H23FN2OS/c21-17-8-4-5-9-18(17)25-19(14-6-2-1-3-7-14)20(24)23-16-12-10-15(22)11-13-16/h1-9,15-16,19H,10-13,22H2,(H,23,24). The Kier molecular flexibility index (Phi) is 6.10. The molecule has 0 radical (unpaired) electrons. The van der Waals surface area contributed by atoms with Crippen LogP contribution in [-0.4, -0.2) is 18.0 Å². The molecule has 0 spiro atoms. The molecule has 1 atom stereocenters. The van der Waals surface area contributed by atoms with Crippen LogP contribution in [0.15, 0.2) is 59.5 Å². The summed E-state index contributed by atoms with van der Waals surface area (Å²) in [5.41, 5.74) is 6.81. The van der Waals surface area contributed by atoms with Crippen LogP contribution in [0.25, 0.3) is 0 Å². The van der Waals surface area contributed by atoms with Crippen LogP contribution in [0.3, 0.4) is 0 Å². The first-order valence-electron chi connectivity index (χ1n) is 8.65. The van der Waals surface area contributed by atoms with E-state index in [2.05, 4.69) is 5.32 Å². The van der Waals surface area contributed by atoms with Crippen LogP contribution in [0.4, 0.5) is 4.39 Å². The number of benzene rings is 2. The minimum atomic E-state index is -0.478. The van der Waals surface area contributed by atoms with Crippen molar-refractivity contribution < 1.29 is 9.18 Å². The number of thioether (sulfide) groups is 1. The van der Waals surface area contributed by atoms with Gasteiger partial charge in [-0.05, 0) is 43.4 Å². The lowest BCUT2D eigenvalue weighted by Crippen LogP contribution is -2.42. The Morgan fingerprint density at radius 3 is 2.36 bits per heavy atom. The zero-order valence-electron chi connectivity index (χ0n) is 14.0. The summed E-state index contributed by atoms with van der Waals surface area (Å²) in [5, 5.41) is 2.66. The van der Waals surface area contributed by atoms with Crippen LogP contribution >= 0.6 is 11.8 Å². The third-order valence-electron chi connectivity index (χ3n) is 4.54. The summed E-state index contributed by atoms with van der Waals surface area (Å²) in [6, 6.07) is 16.5. The molecule has 3 nitrogen and oxygen atoms in total. The Bertz CT molecular complexity index is 702. The van der Waals surface area contributed by atoms with Crippen molar-refractivity contribution in [1.82, 2.24) is 5.32 Å². The van der Waals surface area contributed by atoms with Gasteiger partial charge in [-0.1, -0.05) is 42.5 Å². The molecular formula is C20H23FN2OS. The first-order valence-corrected chi connectivity index (χ1v) is 9.53. The normalized spacial score (nSPS) is 21.5. The number of rotatable bonds is 5. The molecule has 5 heteroatoms. The van der Waals surface area contributed by atoms with Gasteiger partial charge in [-0.15, -0.1) is 11.8 Å². The quantitative estimate of drug-likeness (QED) is 0.793. The van der Waals surface area contributed by atoms with E-state index in [1.54, 1.807) is 18.2 Å². The van der Waals surface area contributed by atoms with Crippen molar-refractivity contribution in [3.8, 4) is 0 Å². The van der Waals surface area contributed by atoms with Gasteiger partial charge >= 0.3 is 0 Å². The molecule has 3 N–H and O–H groups in total. The molecule has 25 heavy (non-hydrogen) atoms. The molecule has 0 aliphatic heterocycles. The molecule has 1 aliphatic rings. The first kappa shape index (κ1) is 18.0. The summed E-state index contributed by atoms with van der Waals surface area (Å²) in [6.07, 6.45) is 3.67. The molecule has 0 bridgehead atoms. The average molecular weight is 358 g/mol. The van der Waals surface area contributed by atoms with Gasteiger partial charge in [0.15, 0.2) is 0 Å². The van der Waals surface area contributed by atoms with Crippen LogP contribution in [0.2, 0.25) is 0 Å². The van der Waals surface area contributed by atoms with Gasteiger partial charge in [0.25, 0.3) is 0 Å². The maximum absolute atomic E-state index is 14.1. The zero-order chi connectivity index (χ0) is 17.6. The van der Waals surface area contributed by atoms with E-state index in [1.165, 1.54) is 17.8 Å². The lowest BCUT2D eigenvalue weighted by atomic mass is 9.91. The number of hydrogen-bond donors (Lipinski definition) is 2. The molecule has 1 aliphatic carbocycles. The predicted molar refractivity (Wildman–Crippen MR) is 99.8 cm³/mol. The highest BCUT2D eigenvalue weighted by atomic mass is 32.2. The Labute approximate surface area is 152 Å². The van der Waals surface area contributed by atoms with E-state index in [0.29, 0.717) is 4.90 Å². The smallest absolute Gasteiger partial charge is 0.238 e. The maximum Gasteiger partial charge on any atom is 0.238 e. The Hall–Kier alpha value is -1.85. The van der Waals surface area contributed by atoms with Gasteiger partial charge in [0.2, 0.25) is 5.91 Å². The summed E-state index contributed by atoms with van der Waals surface area (Å²) < 4.78 is 14.1. The second kappa shape index (κ2) is 8.50. The number of carbonyl (C=O) groups is 1. The van der Waals surface area contributed by atoms with E-state index < -0.39 is 5.25 Å². The molecule has 1 amide bonds. The van der Waals surface area contributed by atoms with Gasteiger partial charge < -0.3 is 11.1 Å². The third-order valence-corrected chi connectivity index (χ3v) is 5.85. The minimum Gasteiger partial charge on any atom is -0.352 e. The van der Waals surface area contributed by atoms with Crippen molar-refractivity contribution in [2.75, 3.05) is 0 Å². The molecule has 1 fully saturated rings. The molecule has 2 aromatic rings. The highest BCUT2D eigenvalue weighted by molar-refractivity contribution is 8.00.